The molecule has 0 bridgehead atoms. The molecule has 2 atom stereocenters. The summed E-state index contributed by atoms with van der Waals surface area (Å²) in [4.78, 5) is 18.2. The Hall–Kier alpha value is -2.25. The first-order valence-electron chi connectivity index (χ1n) is 7.87. The molecule has 1 aromatic heterocycles. The quantitative estimate of drug-likeness (QED) is 0.886. The normalized spacial score (nSPS) is 25.0. The topological polar surface area (TPSA) is 72.3 Å². The molecule has 120 valence electrons. The van der Waals surface area contributed by atoms with E-state index in [0.29, 0.717) is 6.54 Å². The molecule has 0 spiro atoms. The lowest BCUT2D eigenvalue weighted by atomic mass is 10.0. The van der Waals surface area contributed by atoms with E-state index in [9.17, 15) is 4.79 Å². The summed E-state index contributed by atoms with van der Waals surface area (Å²) in [5, 5.41) is 7.36. The highest BCUT2D eigenvalue weighted by atomic mass is 16.5. The second-order valence-corrected chi connectivity index (χ2v) is 5.97. The highest BCUT2D eigenvalue weighted by Gasteiger charge is 2.35. The number of carbonyl (C=O) groups excluding carboxylic acids is 1. The Morgan fingerprint density at radius 3 is 3.04 bits per heavy atom. The standard InChI is InChI=1S/C16H19N5O2/c22-16-10-23-14-6-7-20(8-13(14)19-16)9-15-17-11-18-21(15)12-4-2-1-3-5-12/h1-5,11,13-14H,6-10H2,(H,19,22). The molecule has 23 heavy (non-hydrogen) atoms. The molecule has 2 fully saturated rings. The predicted molar refractivity (Wildman–Crippen MR) is 82.9 cm³/mol. The molecule has 0 saturated carbocycles. The minimum absolute atomic E-state index is 0.0273. The average Bonchev–Trinajstić information content (AvgIpc) is 3.03. The molecule has 7 heteroatoms. The van der Waals surface area contributed by atoms with Crippen molar-refractivity contribution < 1.29 is 9.53 Å². The number of rotatable bonds is 3. The Morgan fingerprint density at radius 2 is 2.17 bits per heavy atom. The van der Waals surface area contributed by atoms with Gasteiger partial charge < -0.3 is 10.1 Å². The van der Waals surface area contributed by atoms with Crippen LogP contribution in [0.3, 0.4) is 0 Å². The Bertz CT molecular complexity index is 687. The van der Waals surface area contributed by atoms with Crippen LogP contribution in [-0.4, -0.2) is 57.4 Å². The lowest BCUT2D eigenvalue weighted by molar-refractivity contribution is -0.140. The molecular weight excluding hydrogens is 294 g/mol. The molecule has 3 heterocycles. The molecule has 1 amide bonds. The van der Waals surface area contributed by atoms with Crippen LogP contribution < -0.4 is 5.32 Å². The van der Waals surface area contributed by atoms with Gasteiger partial charge in [0.1, 0.15) is 18.8 Å². The summed E-state index contributed by atoms with van der Waals surface area (Å²) in [6, 6.07) is 10.1. The highest BCUT2D eigenvalue weighted by molar-refractivity contribution is 5.78. The smallest absolute Gasteiger partial charge is 0.246 e. The molecule has 7 nitrogen and oxygen atoms in total. The minimum atomic E-state index is -0.0273. The van der Waals surface area contributed by atoms with Gasteiger partial charge in [-0.1, -0.05) is 18.2 Å². The minimum Gasteiger partial charge on any atom is -0.366 e. The molecular formula is C16H19N5O2. The molecule has 2 aromatic rings. The number of nitrogens with zero attached hydrogens (tertiary/aromatic N) is 4. The maximum atomic E-state index is 11.5. The Kier molecular flexibility index (Phi) is 3.80. The van der Waals surface area contributed by atoms with Gasteiger partial charge in [-0.05, 0) is 18.6 Å². The zero-order valence-electron chi connectivity index (χ0n) is 12.8. The van der Waals surface area contributed by atoms with Crippen molar-refractivity contribution >= 4 is 5.91 Å². The third kappa shape index (κ3) is 2.97. The first-order valence-corrected chi connectivity index (χ1v) is 7.87. The van der Waals surface area contributed by atoms with Crippen LogP contribution in [0.15, 0.2) is 36.7 Å². The van der Waals surface area contributed by atoms with Crippen LogP contribution in [-0.2, 0) is 16.1 Å². The summed E-state index contributed by atoms with van der Waals surface area (Å²) in [6.07, 6.45) is 2.64. The largest absolute Gasteiger partial charge is 0.366 e. The van der Waals surface area contributed by atoms with Crippen LogP contribution in [0.2, 0.25) is 0 Å². The molecule has 2 aliphatic heterocycles. The number of hydrogen-bond donors (Lipinski definition) is 1. The first kappa shape index (κ1) is 14.3. The van der Waals surface area contributed by atoms with E-state index in [1.54, 1.807) is 6.33 Å². The van der Waals surface area contributed by atoms with Gasteiger partial charge in [0.2, 0.25) is 5.91 Å². The van der Waals surface area contributed by atoms with Crippen LogP contribution in [0.1, 0.15) is 12.2 Å². The van der Waals surface area contributed by atoms with Gasteiger partial charge in [-0.3, -0.25) is 9.69 Å². The average molecular weight is 313 g/mol. The zero-order valence-corrected chi connectivity index (χ0v) is 12.8. The Labute approximate surface area is 134 Å². The number of morpholine rings is 1. The Morgan fingerprint density at radius 1 is 1.30 bits per heavy atom. The summed E-state index contributed by atoms with van der Waals surface area (Å²) >= 11 is 0. The highest BCUT2D eigenvalue weighted by Crippen LogP contribution is 2.19. The maximum Gasteiger partial charge on any atom is 0.246 e. The Balaban J connectivity index is 1.47. The van der Waals surface area contributed by atoms with Crippen molar-refractivity contribution in [2.45, 2.75) is 25.1 Å². The van der Waals surface area contributed by atoms with Gasteiger partial charge in [-0.2, -0.15) is 5.10 Å². The van der Waals surface area contributed by atoms with Gasteiger partial charge in [-0.15, -0.1) is 0 Å². The van der Waals surface area contributed by atoms with Crippen LogP contribution >= 0.6 is 0 Å². The van der Waals surface area contributed by atoms with Crippen LogP contribution in [0.4, 0.5) is 0 Å². The number of ether oxygens (including phenoxy) is 1. The molecule has 2 aliphatic rings. The van der Waals surface area contributed by atoms with Gasteiger partial charge in [0.05, 0.1) is 24.4 Å². The summed E-state index contributed by atoms with van der Waals surface area (Å²) in [5.74, 6) is 0.873. The summed E-state index contributed by atoms with van der Waals surface area (Å²) in [7, 11) is 0. The van der Waals surface area contributed by atoms with Crippen molar-refractivity contribution in [1.29, 1.82) is 0 Å². The summed E-state index contributed by atoms with van der Waals surface area (Å²) < 4.78 is 7.46. The summed E-state index contributed by atoms with van der Waals surface area (Å²) in [5.41, 5.74) is 1.00. The monoisotopic (exact) mass is 313 g/mol. The molecule has 4 rings (SSSR count). The van der Waals surface area contributed by atoms with E-state index in [1.807, 2.05) is 35.0 Å². The zero-order chi connectivity index (χ0) is 15.6. The maximum absolute atomic E-state index is 11.5. The number of hydrogen-bond acceptors (Lipinski definition) is 5. The van der Waals surface area contributed by atoms with Gasteiger partial charge in [0.25, 0.3) is 0 Å². The number of para-hydroxylation sites is 1. The third-order valence-electron chi connectivity index (χ3n) is 4.39. The first-order chi connectivity index (χ1) is 11.3. The van der Waals surface area contributed by atoms with Crippen LogP contribution in [0, 0.1) is 0 Å². The van der Waals surface area contributed by atoms with Gasteiger partial charge in [-0.25, -0.2) is 9.67 Å². The molecule has 0 radical (unpaired) electrons. The fourth-order valence-corrected chi connectivity index (χ4v) is 3.27. The lowest BCUT2D eigenvalue weighted by Crippen LogP contribution is -2.60. The van der Waals surface area contributed by atoms with Gasteiger partial charge in [0, 0.05) is 13.1 Å². The fraction of sp³-hybridized carbons (Fsp3) is 0.438. The molecule has 0 aliphatic carbocycles. The number of carbonyl (C=O) groups is 1. The van der Waals surface area contributed by atoms with Crippen LogP contribution in [0.5, 0.6) is 0 Å². The number of nitrogens with one attached hydrogen (secondary N) is 1. The van der Waals surface area contributed by atoms with Crippen molar-refractivity contribution in [3.63, 3.8) is 0 Å². The van der Waals surface area contributed by atoms with E-state index in [2.05, 4.69) is 20.3 Å². The van der Waals surface area contributed by atoms with E-state index in [-0.39, 0.29) is 24.7 Å². The van der Waals surface area contributed by atoms with Crippen molar-refractivity contribution in [3.05, 3.63) is 42.5 Å². The van der Waals surface area contributed by atoms with E-state index >= 15 is 0 Å². The number of fused-ring (bicyclic) bond motifs is 1. The third-order valence-corrected chi connectivity index (χ3v) is 4.39. The predicted octanol–water partition coefficient (Wildman–Crippen LogP) is 0.357. The fourth-order valence-electron chi connectivity index (χ4n) is 3.27. The van der Waals surface area contributed by atoms with Gasteiger partial charge >= 0.3 is 0 Å². The number of aromatic nitrogens is 3. The van der Waals surface area contributed by atoms with Crippen molar-refractivity contribution in [2.75, 3.05) is 19.7 Å². The van der Waals surface area contributed by atoms with E-state index in [1.165, 1.54) is 0 Å². The molecule has 1 aromatic carbocycles. The van der Waals surface area contributed by atoms with E-state index in [4.69, 9.17) is 4.74 Å². The second-order valence-electron chi connectivity index (χ2n) is 5.97. The molecule has 2 saturated heterocycles. The SMILES string of the molecule is O=C1COC2CCN(Cc3ncnn3-c3ccccc3)CC2N1. The summed E-state index contributed by atoms with van der Waals surface area (Å²) in [6.45, 7) is 2.59. The number of likely N-dealkylation sites (tertiary alicyclic amines) is 1. The van der Waals surface area contributed by atoms with Crippen molar-refractivity contribution in [1.82, 2.24) is 25.0 Å². The molecule has 1 N–H and O–H groups in total. The van der Waals surface area contributed by atoms with Gasteiger partial charge in [0.15, 0.2) is 0 Å². The van der Waals surface area contributed by atoms with E-state index < -0.39 is 0 Å². The van der Waals surface area contributed by atoms with Crippen molar-refractivity contribution in [2.24, 2.45) is 0 Å². The number of benzene rings is 1. The lowest BCUT2D eigenvalue weighted by Gasteiger charge is -2.40. The second kappa shape index (κ2) is 6.10. The van der Waals surface area contributed by atoms with E-state index in [0.717, 1.165) is 31.0 Å². The number of piperidine rings is 1. The number of amides is 1. The van der Waals surface area contributed by atoms with Crippen molar-refractivity contribution in [3.8, 4) is 5.69 Å². The molecule has 2 unspecified atom stereocenters. The van der Waals surface area contributed by atoms with Crippen LogP contribution in [0.25, 0.3) is 5.69 Å².